The Kier molecular flexibility index (Phi) is 9.23. The maximum absolute atomic E-state index is 14.6. The third-order valence-corrected chi connectivity index (χ3v) is 11.9. The Hall–Kier alpha value is -4.58. The van der Waals surface area contributed by atoms with E-state index in [9.17, 15) is 13.2 Å². The Morgan fingerprint density at radius 1 is 1.02 bits per heavy atom. The van der Waals surface area contributed by atoms with Crippen LogP contribution in [0.5, 0.6) is 5.88 Å². The van der Waals surface area contributed by atoms with Crippen LogP contribution in [-0.2, 0) is 16.6 Å². The van der Waals surface area contributed by atoms with E-state index in [4.69, 9.17) is 9.72 Å². The topological polar surface area (TPSA) is 131 Å². The van der Waals surface area contributed by atoms with Crippen molar-refractivity contribution in [1.29, 1.82) is 0 Å². The van der Waals surface area contributed by atoms with Crippen molar-refractivity contribution in [3.63, 3.8) is 0 Å². The molecule has 2 aromatic carbocycles. The highest BCUT2D eigenvalue weighted by Gasteiger charge is 2.37. The standard InChI is InChI=1S/C38H45N7O4S/c1-25-9-5-10-26(2)35(25)32-20-34-42-37(41-32)43-50(47,48)31-15-6-11-27(19-31)36(46)45(30(24-49-34)14-8-16-38(3)17-18-38)23-28-21-39-22-33(40-28)44(4)29-12-7-13-29/h5-6,9-11,15,19-22,29-30H,7-8,12-14,16-18,23-24H2,1-4H3,(H,41,42,43). The fourth-order valence-corrected chi connectivity index (χ4v) is 7.90. The Balaban J connectivity index is 1.30. The molecule has 1 atom stereocenters. The molecule has 4 bridgehead atoms. The first kappa shape index (κ1) is 33.9. The van der Waals surface area contributed by atoms with Crippen LogP contribution in [0.1, 0.15) is 85.5 Å². The smallest absolute Gasteiger partial charge is 0.264 e. The van der Waals surface area contributed by atoms with Gasteiger partial charge in [-0.05, 0) is 93.5 Å². The number of nitrogens with one attached hydrogen (secondary N) is 1. The fraction of sp³-hybridized carbons (Fsp3) is 0.447. The molecule has 3 heterocycles. The first-order valence-electron chi connectivity index (χ1n) is 17.5. The number of carbonyl (C=O) groups is 1. The molecule has 11 nitrogen and oxygen atoms in total. The Morgan fingerprint density at radius 2 is 1.78 bits per heavy atom. The lowest BCUT2D eigenvalue weighted by molar-refractivity contribution is 0.0563. The average Bonchev–Trinajstić information content (AvgIpc) is 3.80. The molecule has 1 amide bonds. The zero-order valence-electron chi connectivity index (χ0n) is 29.2. The Bertz CT molecular complexity index is 1990. The lowest BCUT2D eigenvalue weighted by Gasteiger charge is -2.36. The minimum Gasteiger partial charge on any atom is -0.475 e. The molecule has 2 aliphatic carbocycles. The van der Waals surface area contributed by atoms with Crippen LogP contribution >= 0.6 is 0 Å². The molecule has 4 aromatic rings. The van der Waals surface area contributed by atoms with E-state index in [2.05, 4.69) is 31.5 Å². The van der Waals surface area contributed by atoms with Crippen LogP contribution in [0.25, 0.3) is 11.3 Å². The summed E-state index contributed by atoms with van der Waals surface area (Å²) >= 11 is 0. The summed E-state index contributed by atoms with van der Waals surface area (Å²) in [5.74, 6) is 0.582. The number of hydrogen-bond donors (Lipinski definition) is 1. The molecule has 2 aromatic heterocycles. The van der Waals surface area contributed by atoms with Crippen molar-refractivity contribution in [1.82, 2.24) is 24.8 Å². The van der Waals surface area contributed by atoms with Gasteiger partial charge in [-0.1, -0.05) is 37.6 Å². The van der Waals surface area contributed by atoms with E-state index < -0.39 is 10.0 Å². The van der Waals surface area contributed by atoms with Gasteiger partial charge in [0.2, 0.25) is 11.8 Å². The lowest BCUT2D eigenvalue weighted by Crippen LogP contribution is -2.44. The Morgan fingerprint density at radius 3 is 2.50 bits per heavy atom. The largest absolute Gasteiger partial charge is 0.475 e. The van der Waals surface area contributed by atoms with Gasteiger partial charge < -0.3 is 14.5 Å². The van der Waals surface area contributed by atoms with Crippen molar-refractivity contribution < 1.29 is 17.9 Å². The minimum atomic E-state index is -4.16. The number of hydrogen-bond acceptors (Lipinski definition) is 9. The van der Waals surface area contributed by atoms with E-state index >= 15 is 0 Å². The molecule has 7 rings (SSSR count). The number of amides is 1. The van der Waals surface area contributed by atoms with Gasteiger partial charge >= 0.3 is 0 Å². The number of rotatable bonds is 9. The predicted octanol–water partition coefficient (Wildman–Crippen LogP) is 6.71. The summed E-state index contributed by atoms with van der Waals surface area (Å²) in [6, 6.07) is 13.9. The van der Waals surface area contributed by atoms with Crippen LogP contribution in [0.2, 0.25) is 0 Å². The molecule has 0 saturated heterocycles. The predicted molar refractivity (Wildman–Crippen MR) is 193 cm³/mol. The molecule has 262 valence electrons. The average molecular weight is 696 g/mol. The molecule has 12 heteroatoms. The fourth-order valence-electron chi connectivity index (χ4n) is 6.91. The first-order chi connectivity index (χ1) is 24.0. The number of aryl methyl sites for hydroxylation is 2. The van der Waals surface area contributed by atoms with Crippen LogP contribution in [-0.4, -0.2) is 64.9 Å². The molecule has 0 spiro atoms. The summed E-state index contributed by atoms with van der Waals surface area (Å²) in [5.41, 5.74) is 4.65. The van der Waals surface area contributed by atoms with Crippen molar-refractivity contribution >= 4 is 27.7 Å². The van der Waals surface area contributed by atoms with E-state index in [1.54, 1.807) is 35.5 Å². The van der Waals surface area contributed by atoms with E-state index in [0.717, 1.165) is 48.2 Å². The molecule has 1 N–H and O–H groups in total. The van der Waals surface area contributed by atoms with Crippen LogP contribution in [0.4, 0.5) is 11.8 Å². The van der Waals surface area contributed by atoms with Gasteiger partial charge in [-0.25, -0.2) is 23.1 Å². The molecule has 3 aliphatic rings. The summed E-state index contributed by atoms with van der Waals surface area (Å²) in [7, 11) is -2.12. The third-order valence-electron chi connectivity index (χ3n) is 10.6. The Labute approximate surface area is 294 Å². The zero-order chi connectivity index (χ0) is 35.0. The van der Waals surface area contributed by atoms with Gasteiger partial charge in [0.25, 0.3) is 15.9 Å². The van der Waals surface area contributed by atoms with Gasteiger partial charge in [0.15, 0.2) is 0 Å². The monoisotopic (exact) mass is 695 g/mol. The highest BCUT2D eigenvalue weighted by atomic mass is 32.2. The van der Waals surface area contributed by atoms with Crippen molar-refractivity contribution in [2.75, 3.05) is 23.3 Å². The normalized spacial score (nSPS) is 19.6. The van der Waals surface area contributed by atoms with Gasteiger partial charge in [0.1, 0.15) is 12.4 Å². The molecular formula is C38H45N7O4S. The maximum atomic E-state index is 14.6. The van der Waals surface area contributed by atoms with E-state index in [0.29, 0.717) is 29.3 Å². The van der Waals surface area contributed by atoms with Crippen LogP contribution in [0.3, 0.4) is 0 Å². The van der Waals surface area contributed by atoms with E-state index in [1.165, 1.54) is 31.4 Å². The van der Waals surface area contributed by atoms with Crippen LogP contribution in [0, 0.1) is 19.3 Å². The number of fused-ring (bicyclic) bond motifs is 4. The highest BCUT2D eigenvalue weighted by molar-refractivity contribution is 7.92. The summed E-state index contributed by atoms with van der Waals surface area (Å²) in [5, 5.41) is 0. The van der Waals surface area contributed by atoms with Crippen LogP contribution < -0.4 is 14.4 Å². The second-order valence-electron chi connectivity index (χ2n) is 14.5. The molecule has 2 saturated carbocycles. The summed E-state index contributed by atoms with van der Waals surface area (Å²) in [4.78, 5) is 37.1. The number of carbonyl (C=O) groups excluding carboxylic acids is 1. The molecule has 50 heavy (non-hydrogen) atoms. The number of ether oxygens (including phenoxy) is 1. The number of nitrogens with zero attached hydrogens (tertiary/aromatic N) is 6. The number of sulfonamides is 1. The summed E-state index contributed by atoms with van der Waals surface area (Å²) < 4.78 is 36.5. The van der Waals surface area contributed by atoms with Crippen molar-refractivity contribution in [3.8, 4) is 17.1 Å². The van der Waals surface area contributed by atoms with Crippen molar-refractivity contribution in [3.05, 3.63) is 83.3 Å². The number of benzene rings is 2. The van der Waals surface area contributed by atoms with Crippen molar-refractivity contribution in [2.45, 2.75) is 95.7 Å². The van der Waals surface area contributed by atoms with Gasteiger partial charge in [-0.3, -0.25) is 9.78 Å². The quantitative estimate of drug-likeness (QED) is 0.203. The summed E-state index contributed by atoms with van der Waals surface area (Å²) in [6.45, 7) is 6.62. The molecule has 2 fully saturated rings. The SMILES string of the molecule is Cc1cccc(C)c1-c1cc2nc(n1)NS(=O)(=O)c1cccc(c1)C(=O)N(Cc1cncc(N(C)C3CCC3)n1)C(CCCC1(C)CC1)CO2. The zero-order valence-corrected chi connectivity index (χ0v) is 30.0. The molecule has 1 aliphatic heterocycles. The van der Waals surface area contributed by atoms with Gasteiger partial charge in [0.05, 0.1) is 41.3 Å². The van der Waals surface area contributed by atoms with Gasteiger partial charge in [-0.15, -0.1) is 0 Å². The first-order valence-corrected chi connectivity index (χ1v) is 19.0. The molecular weight excluding hydrogens is 651 g/mol. The highest BCUT2D eigenvalue weighted by Crippen LogP contribution is 2.49. The number of aromatic nitrogens is 4. The third kappa shape index (κ3) is 7.31. The second kappa shape index (κ2) is 13.6. The van der Waals surface area contributed by atoms with Gasteiger partial charge in [-0.2, -0.15) is 4.98 Å². The van der Waals surface area contributed by atoms with E-state index in [-0.39, 0.29) is 47.4 Å². The van der Waals surface area contributed by atoms with Gasteiger partial charge in [0, 0.05) is 30.3 Å². The van der Waals surface area contributed by atoms with E-state index in [1.807, 2.05) is 39.1 Å². The van der Waals surface area contributed by atoms with Crippen molar-refractivity contribution in [2.24, 2.45) is 5.41 Å². The molecule has 1 unspecified atom stereocenters. The second-order valence-corrected chi connectivity index (χ2v) is 16.2. The number of anilines is 2. The molecule has 0 radical (unpaired) electrons. The summed E-state index contributed by atoms with van der Waals surface area (Å²) in [6.07, 6.45) is 12.0. The lowest BCUT2D eigenvalue weighted by atomic mass is 9.92. The maximum Gasteiger partial charge on any atom is 0.264 e. The minimum absolute atomic E-state index is 0.0618. The van der Waals surface area contributed by atoms with Crippen LogP contribution in [0.15, 0.2) is 65.8 Å².